The van der Waals surface area contributed by atoms with E-state index in [0.29, 0.717) is 20.1 Å². The first-order valence-corrected chi connectivity index (χ1v) is 11.4. The molecule has 2 aromatic carbocycles. The largest absolute Gasteiger partial charge is 0.416 e. The summed E-state index contributed by atoms with van der Waals surface area (Å²) in [6, 6.07) is 5.98. The van der Waals surface area contributed by atoms with E-state index in [-0.39, 0.29) is 5.56 Å². The third-order valence-electron chi connectivity index (χ3n) is 4.90. The molecule has 0 bridgehead atoms. The third-order valence-corrected chi connectivity index (χ3v) is 6.62. The molecule has 32 heavy (non-hydrogen) atoms. The van der Waals surface area contributed by atoms with Crippen LogP contribution in [0.4, 0.5) is 26.3 Å². The van der Waals surface area contributed by atoms with Gasteiger partial charge in [-0.2, -0.15) is 26.3 Å². The van der Waals surface area contributed by atoms with Gasteiger partial charge in [-0.1, -0.05) is 85.5 Å². The van der Waals surface area contributed by atoms with Gasteiger partial charge in [0.15, 0.2) is 0 Å². The summed E-state index contributed by atoms with van der Waals surface area (Å²) < 4.78 is 78.6. The van der Waals surface area contributed by atoms with E-state index in [2.05, 4.69) is 31.9 Å². The van der Waals surface area contributed by atoms with Crippen LogP contribution >= 0.6 is 31.9 Å². The summed E-state index contributed by atoms with van der Waals surface area (Å²) in [7, 11) is 0. The molecule has 0 fully saturated rings. The van der Waals surface area contributed by atoms with E-state index in [4.69, 9.17) is 0 Å². The van der Waals surface area contributed by atoms with E-state index in [1.165, 1.54) is 6.92 Å². The zero-order valence-corrected chi connectivity index (χ0v) is 22.5. The van der Waals surface area contributed by atoms with Gasteiger partial charge in [0.2, 0.25) is 0 Å². The van der Waals surface area contributed by atoms with Crippen molar-refractivity contribution in [1.82, 2.24) is 0 Å². The van der Waals surface area contributed by atoms with Crippen molar-refractivity contribution < 1.29 is 26.3 Å². The van der Waals surface area contributed by atoms with Crippen LogP contribution in [0.5, 0.6) is 0 Å². The zero-order chi connectivity index (χ0) is 25.4. The van der Waals surface area contributed by atoms with E-state index in [1.54, 1.807) is 66.7 Å². The molecule has 2 rings (SSSR count). The first kappa shape index (κ1) is 29.0. The first-order valence-electron chi connectivity index (χ1n) is 9.83. The molecule has 0 N–H and O–H groups in total. The Morgan fingerprint density at radius 3 is 1.44 bits per heavy atom. The van der Waals surface area contributed by atoms with Crippen LogP contribution in [-0.2, 0) is 23.2 Å². The van der Waals surface area contributed by atoms with Crippen LogP contribution in [0.2, 0.25) is 0 Å². The standard InChI is InChI=1S/2C12H14BrF3/c1-7-5-8(11(2,3)4)9(6-10(7)13)12(14,15)16;1-7-9(13)6-5-8(11(2,3)4)10(7)12(14,15)16/h2*5-6H,1-4H3. The molecule has 2 aromatic rings. The first-order chi connectivity index (χ1) is 14.1. The van der Waals surface area contributed by atoms with Crippen molar-refractivity contribution in [3.63, 3.8) is 0 Å². The van der Waals surface area contributed by atoms with Gasteiger partial charge in [-0.15, -0.1) is 0 Å². The number of halogens is 8. The number of alkyl halides is 6. The molecule has 8 heteroatoms. The number of rotatable bonds is 0. The highest BCUT2D eigenvalue weighted by Gasteiger charge is 2.38. The molecule has 0 spiro atoms. The lowest BCUT2D eigenvalue weighted by atomic mass is 9.82. The summed E-state index contributed by atoms with van der Waals surface area (Å²) in [5.74, 6) is 0. The van der Waals surface area contributed by atoms with Crippen LogP contribution in [0.15, 0.2) is 33.2 Å². The van der Waals surface area contributed by atoms with Gasteiger partial charge < -0.3 is 0 Å². The Morgan fingerprint density at radius 2 is 1.06 bits per heavy atom. The van der Waals surface area contributed by atoms with E-state index < -0.39 is 34.3 Å². The van der Waals surface area contributed by atoms with Crippen LogP contribution in [0.3, 0.4) is 0 Å². The van der Waals surface area contributed by atoms with E-state index in [9.17, 15) is 26.3 Å². The van der Waals surface area contributed by atoms with Gasteiger partial charge in [-0.25, -0.2) is 0 Å². The van der Waals surface area contributed by atoms with Crippen LogP contribution in [-0.4, -0.2) is 0 Å². The van der Waals surface area contributed by atoms with Gasteiger partial charge in [0.1, 0.15) is 0 Å². The molecule has 0 aromatic heterocycles. The van der Waals surface area contributed by atoms with Crippen LogP contribution in [0, 0.1) is 13.8 Å². The number of benzene rings is 2. The third kappa shape index (κ3) is 7.24. The quantitative estimate of drug-likeness (QED) is 0.268. The molecule has 0 saturated heterocycles. The normalized spacial score (nSPS) is 13.0. The predicted molar refractivity (Wildman–Crippen MR) is 125 cm³/mol. The monoisotopic (exact) mass is 588 g/mol. The van der Waals surface area contributed by atoms with Gasteiger partial charge in [-0.3, -0.25) is 0 Å². The second-order valence-corrected chi connectivity index (χ2v) is 11.4. The highest BCUT2D eigenvalue weighted by molar-refractivity contribution is 9.10. The zero-order valence-electron chi connectivity index (χ0n) is 19.3. The summed E-state index contributed by atoms with van der Waals surface area (Å²) in [5.41, 5.74) is -0.377. The topological polar surface area (TPSA) is 0 Å². The van der Waals surface area contributed by atoms with Crippen molar-refractivity contribution >= 4 is 31.9 Å². The van der Waals surface area contributed by atoms with Gasteiger partial charge in [0, 0.05) is 8.95 Å². The smallest absolute Gasteiger partial charge is 0.166 e. The van der Waals surface area contributed by atoms with Crippen molar-refractivity contribution in [2.45, 2.75) is 78.6 Å². The molecule has 0 atom stereocenters. The molecule has 0 unspecified atom stereocenters. The second-order valence-electron chi connectivity index (χ2n) is 9.74. The van der Waals surface area contributed by atoms with Crippen molar-refractivity contribution in [3.8, 4) is 0 Å². The molecule has 0 aliphatic rings. The van der Waals surface area contributed by atoms with Crippen LogP contribution < -0.4 is 0 Å². The molecule has 0 saturated carbocycles. The molecule has 0 heterocycles. The Labute approximate surface area is 203 Å². The fourth-order valence-corrected chi connectivity index (χ4v) is 3.89. The van der Waals surface area contributed by atoms with Crippen LogP contribution in [0.25, 0.3) is 0 Å². The van der Waals surface area contributed by atoms with Crippen LogP contribution in [0.1, 0.15) is 74.9 Å². The van der Waals surface area contributed by atoms with E-state index in [0.717, 1.165) is 11.6 Å². The van der Waals surface area contributed by atoms with Gasteiger partial charge in [0.05, 0.1) is 11.1 Å². The Morgan fingerprint density at radius 1 is 0.594 bits per heavy atom. The molecule has 0 aliphatic carbocycles. The van der Waals surface area contributed by atoms with Crippen molar-refractivity contribution in [2.24, 2.45) is 0 Å². The van der Waals surface area contributed by atoms with Crippen molar-refractivity contribution in [1.29, 1.82) is 0 Å². The average Bonchev–Trinajstić information content (AvgIpc) is 2.55. The minimum Gasteiger partial charge on any atom is -0.166 e. The molecule has 0 radical (unpaired) electrons. The maximum atomic E-state index is 13.0. The molecular weight excluding hydrogens is 562 g/mol. The fourth-order valence-electron chi connectivity index (χ4n) is 3.21. The Kier molecular flexibility index (Phi) is 8.78. The molecule has 0 amide bonds. The number of hydrogen-bond acceptors (Lipinski definition) is 0. The Hall–Kier alpha value is -1.02. The maximum Gasteiger partial charge on any atom is 0.416 e. The molecule has 0 aliphatic heterocycles. The lowest BCUT2D eigenvalue weighted by Gasteiger charge is -2.26. The van der Waals surface area contributed by atoms with E-state index >= 15 is 0 Å². The highest BCUT2D eigenvalue weighted by Crippen LogP contribution is 2.42. The number of aryl methyl sites for hydroxylation is 1. The fraction of sp³-hybridized carbons (Fsp3) is 0.500. The summed E-state index contributed by atoms with van der Waals surface area (Å²) in [6.45, 7) is 14.0. The average molecular weight is 590 g/mol. The van der Waals surface area contributed by atoms with E-state index in [1.807, 2.05) is 0 Å². The Balaban J connectivity index is 0.000000320. The lowest BCUT2D eigenvalue weighted by molar-refractivity contribution is -0.139. The SMILES string of the molecule is Cc1c(Br)ccc(C(C)(C)C)c1C(F)(F)F.Cc1cc(C(C)(C)C)c(C(F)(F)F)cc1Br. The predicted octanol–water partition coefficient (Wildman–Crippen LogP) is 10.1. The van der Waals surface area contributed by atoms with Gasteiger partial charge in [-0.05, 0) is 59.1 Å². The summed E-state index contributed by atoms with van der Waals surface area (Å²) >= 11 is 6.28. The van der Waals surface area contributed by atoms with Crippen molar-refractivity contribution in [3.05, 3.63) is 66.6 Å². The van der Waals surface area contributed by atoms with Gasteiger partial charge >= 0.3 is 12.4 Å². The molecular formula is C24H28Br2F6. The minimum atomic E-state index is -4.31. The highest BCUT2D eigenvalue weighted by atomic mass is 79.9. The summed E-state index contributed by atoms with van der Waals surface area (Å²) in [4.78, 5) is 0. The minimum absolute atomic E-state index is 0.250. The second kappa shape index (κ2) is 9.69. The lowest BCUT2D eigenvalue weighted by Crippen LogP contribution is -2.21. The Bertz CT molecular complexity index is 903. The molecule has 180 valence electrons. The number of hydrogen-bond donors (Lipinski definition) is 0. The van der Waals surface area contributed by atoms with Gasteiger partial charge in [0.25, 0.3) is 0 Å². The summed E-state index contributed by atoms with van der Waals surface area (Å²) in [5, 5.41) is 0. The maximum absolute atomic E-state index is 13.0. The summed E-state index contributed by atoms with van der Waals surface area (Å²) in [6.07, 6.45) is -8.62. The molecule has 0 nitrogen and oxygen atoms in total. The van der Waals surface area contributed by atoms with Crippen molar-refractivity contribution in [2.75, 3.05) is 0 Å².